The Morgan fingerprint density at radius 1 is 1.26 bits per heavy atom. The van der Waals surface area contributed by atoms with E-state index in [0.717, 1.165) is 17.8 Å². The second-order valence-electron chi connectivity index (χ2n) is 4.08. The van der Waals surface area contributed by atoms with Crippen molar-refractivity contribution in [1.82, 2.24) is 15.1 Å². The van der Waals surface area contributed by atoms with E-state index in [9.17, 15) is 0 Å². The first-order valence-corrected chi connectivity index (χ1v) is 7.05. The lowest BCUT2D eigenvalue weighted by molar-refractivity contribution is 0.563. The molecule has 1 heterocycles. The first-order chi connectivity index (χ1) is 9.08. The Bertz CT molecular complexity index is 581. The van der Waals surface area contributed by atoms with Crippen LogP contribution in [0.1, 0.15) is 24.2 Å². The van der Waals surface area contributed by atoms with E-state index < -0.39 is 0 Å². The summed E-state index contributed by atoms with van der Waals surface area (Å²) in [6, 6.07) is 5.23. The van der Waals surface area contributed by atoms with Crippen molar-refractivity contribution in [3.8, 4) is 0 Å². The summed E-state index contributed by atoms with van der Waals surface area (Å²) in [6.45, 7) is 2.75. The minimum Gasteiger partial charge on any atom is -0.308 e. The van der Waals surface area contributed by atoms with Crippen molar-refractivity contribution >= 4 is 34.8 Å². The number of hydrogen-bond acceptors (Lipinski definition) is 2. The van der Waals surface area contributed by atoms with Gasteiger partial charge in [0.15, 0.2) is 0 Å². The molecule has 1 unspecified atom stereocenters. The number of benzene rings is 1. The zero-order valence-electron chi connectivity index (χ0n) is 10.6. The molecule has 0 saturated heterocycles. The molecule has 1 aromatic heterocycles. The van der Waals surface area contributed by atoms with Gasteiger partial charge in [0, 0.05) is 16.6 Å². The molecule has 0 amide bonds. The van der Waals surface area contributed by atoms with Gasteiger partial charge in [-0.3, -0.25) is 4.68 Å². The van der Waals surface area contributed by atoms with Gasteiger partial charge >= 0.3 is 0 Å². The summed E-state index contributed by atoms with van der Waals surface area (Å²) in [4.78, 5) is 0. The number of rotatable bonds is 4. The van der Waals surface area contributed by atoms with Gasteiger partial charge in [0.1, 0.15) is 0 Å². The zero-order valence-corrected chi connectivity index (χ0v) is 12.9. The highest BCUT2D eigenvalue weighted by Gasteiger charge is 2.22. The third-order valence-corrected chi connectivity index (χ3v) is 3.83. The predicted molar refractivity (Wildman–Crippen MR) is 80.3 cm³/mol. The monoisotopic (exact) mass is 317 g/mol. The number of halogens is 3. The number of aryl methyl sites for hydroxylation is 1. The van der Waals surface area contributed by atoms with Crippen LogP contribution in [0.3, 0.4) is 0 Å². The summed E-state index contributed by atoms with van der Waals surface area (Å²) in [6.07, 6.45) is 1.64. The van der Waals surface area contributed by atoms with Crippen LogP contribution in [-0.4, -0.2) is 16.8 Å². The highest BCUT2D eigenvalue weighted by atomic mass is 35.5. The van der Waals surface area contributed by atoms with Gasteiger partial charge in [0.2, 0.25) is 0 Å². The van der Waals surface area contributed by atoms with E-state index in [-0.39, 0.29) is 6.04 Å². The Labute approximate surface area is 127 Å². The maximum atomic E-state index is 6.26. The lowest BCUT2D eigenvalue weighted by Gasteiger charge is -2.20. The van der Waals surface area contributed by atoms with Gasteiger partial charge in [0.25, 0.3) is 0 Å². The van der Waals surface area contributed by atoms with Crippen LogP contribution in [0.4, 0.5) is 0 Å². The van der Waals surface area contributed by atoms with Crippen LogP contribution in [-0.2, 0) is 6.54 Å². The van der Waals surface area contributed by atoms with Crippen LogP contribution in [0.15, 0.2) is 24.4 Å². The van der Waals surface area contributed by atoms with Crippen LogP contribution < -0.4 is 5.32 Å². The average molecular weight is 319 g/mol. The molecule has 2 rings (SSSR count). The molecule has 19 heavy (non-hydrogen) atoms. The van der Waals surface area contributed by atoms with Crippen LogP contribution in [0, 0.1) is 0 Å². The van der Waals surface area contributed by atoms with Gasteiger partial charge in [-0.1, -0.05) is 34.8 Å². The SMILES string of the molecule is CCn1ncc(Cl)c1C(NC)c1cc(Cl)ccc1Cl. The molecule has 2 aromatic rings. The smallest absolute Gasteiger partial charge is 0.0837 e. The lowest BCUT2D eigenvalue weighted by atomic mass is 10.0. The number of hydrogen-bond donors (Lipinski definition) is 1. The fourth-order valence-electron chi connectivity index (χ4n) is 2.09. The quantitative estimate of drug-likeness (QED) is 0.917. The molecular formula is C13H14Cl3N3. The molecule has 0 aliphatic carbocycles. The maximum Gasteiger partial charge on any atom is 0.0837 e. The van der Waals surface area contributed by atoms with Crippen molar-refractivity contribution in [2.75, 3.05) is 7.05 Å². The third kappa shape index (κ3) is 2.90. The van der Waals surface area contributed by atoms with Crippen molar-refractivity contribution < 1.29 is 0 Å². The molecule has 102 valence electrons. The van der Waals surface area contributed by atoms with E-state index >= 15 is 0 Å². The van der Waals surface area contributed by atoms with Crippen molar-refractivity contribution in [3.05, 3.63) is 50.7 Å². The largest absolute Gasteiger partial charge is 0.308 e. The van der Waals surface area contributed by atoms with Gasteiger partial charge in [0.05, 0.1) is 23.0 Å². The van der Waals surface area contributed by atoms with Crippen molar-refractivity contribution in [1.29, 1.82) is 0 Å². The molecular weight excluding hydrogens is 305 g/mol. The average Bonchev–Trinajstić information content (AvgIpc) is 2.76. The summed E-state index contributed by atoms with van der Waals surface area (Å²) in [5, 5.41) is 9.35. The van der Waals surface area contributed by atoms with Gasteiger partial charge < -0.3 is 5.32 Å². The summed E-state index contributed by atoms with van der Waals surface area (Å²) < 4.78 is 1.85. The molecule has 0 radical (unpaired) electrons. The van der Waals surface area contributed by atoms with E-state index in [2.05, 4.69) is 10.4 Å². The highest BCUT2D eigenvalue weighted by molar-refractivity contribution is 6.34. The van der Waals surface area contributed by atoms with Gasteiger partial charge in [-0.2, -0.15) is 5.10 Å². The molecule has 6 heteroatoms. The van der Waals surface area contributed by atoms with Crippen molar-refractivity contribution in [3.63, 3.8) is 0 Å². The Balaban J connectivity index is 2.56. The minimum atomic E-state index is -0.152. The Kier molecular flexibility index (Phi) is 4.74. The third-order valence-electron chi connectivity index (χ3n) is 2.96. The fourth-order valence-corrected chi connectivity index (χ4v) is 2.74. The van der Waals surface area contributed by atoms with Crippen LogP contribution in [0.5, 0.6) is 0 Å². The summed E-state index contributed by atoms with van der Waals surface area (Å²) in [5.41, 5.74) is 1.77. The first kappa shape index (κ1) is 14.7. The van der Waals surface area contributed by atoms with Crippen LogP contribution in [0.2, 0.25) is 15.1 Å². The Morgan fingerprint density at radius 2 is 2.00 bits per heavy atom. The molecule has 1 atom stereocenters. The lowest BCUT2D eigenvalue weighted by Crippen LogP contribution is -2.22. The zero-order chi connectivity index (χ0) is 14.0. The van der Waals surface area contributed by atoms with E-state index in [1.165, 1.54) is 0 Å². The second-order valence-corrected chi connectivity index (χ2v) is 5.33. The molecule has 3 nitrogen and oxygen atoms in total. The maximum absolute atomic E-state index is 6.26. The number of aromatic nitrogens is 2. The molecule has 0 aliphatic heterocycles. The predicted octanol–water partition coefficient (Wildman–Crippen LogP) is 4.17. The highest BCUT2D eigenvalue weighted by Crippen LogP contribution is 2.33. The molecule has 0 saturated carbocycles. The molecule has 0 spiro atoms. The van der Waals surface area contributed by atoms with Crippen LogP contribution in [0.25, 0.3) is 0 Å². The Morgan fingerprint density at radius 3 is 2.63 bits per heavy atom. The van der Waals surface area contributed by atoms with Gasteiger partial charge in [-0.05, 0) is 37.7 Å². The molecule has 0 fully saturated rings. The van der Waals surface area contributed by atoms with E-state index in [4.69, 9.17) is 34.8 Å². The second kappa shape index (κ2) is 6.14. The van der Waals surface area contributed by atoms with Crippen molar-refractivity contribution in [2.45, 2.75) is 19.5 Å². The molecule has 1 N–H and O–H groups in total. The molecule has 0 bridgehead atoms. The number of nitrogens with one attached hydrogen (secondary N) is 1. The fraction of sp³-hybridized carbons (Fsp3) is 0.308. The van der Waals surface area contributed by atoms with E-state index in [1.54, 1.807) is 18.3 Å². The minimum absolute atomic E-state index is 0.152. The van der Waals surface area contributed by atoms with Gasteiger partial charge in [-0.25, -0.2) is 0 Å². The summed E-state index contributed by atoms with van der Waals surface area (Å²) >= 11 is 18.6. The molecule has 1 aromatic carbocycles. The topological polar surface area (TPSA) is 29.9 Å². The van der Waals surface area contributed by atoms with Gasteiger partial charge in [-0.15, -0.1) is 0 Å². The van der Waals surface area contributed by atoms with Crippen LogP contribution >= 0.6 is 34.8 Å². The first-order valence-electron chi connectivity index (χ1n) is 5.91. The van der Waals surface area contributed by atoms with E-state index in [0.29, 0.717) is 15.1 Å². The summed E-state index contributed by atoms with van der Waals surface area (Å²) in [5.74, 6) is 0. The Hall–Kier alpha value is -0.740. The molecule has 0 aliphatic rings. The summed E-state index contributed by atoms with van der Waals surface area (Å²) in [7, 11) is 1.85. The van der Waals surface area contributed by atoms with Crippen molar-refractivity contribution in [2.24, 2.45) is 0 Å². The number of nitrogens with zero attached hydrogens (tertiary/aromatic N) is 2. The standard InChI is InChI=1S/C13H14Cl3N3/c1-3-19-13(11(16)7-18-19)12(17-2)9-6-8(14)4-5-10(9)15/h4-7,12,17H,3H2,1-2H3. The normalized spacial score (nSPS) is 12.7. The van der Waals surface area contributed by atoms with E-state index in [1.807, 2.05) is 24.7 Å².